The maximum absolute atomic E-state index is 10.5. The van der Waals surface area contributed by atoms with E-state index in [0.29, 0.717) is 12.3 Å². The predicted molar refractivity (Wildman–Crippen MR) is 58.9 cm³/mol. The average molecular weight is 204 g/mol. The van der Waals surface area contributed by atoms with Gasteiger partial charge in [-0.1, -0.05) is 25.1 Å². The highest BCUT2D eigenvalue weighted by Gasteiger charge is 2.16. The molecule has 2 heteroatoms. The molecule has 15 heavy (non-hydrogen) atoms. The molecule has 2 nitrogen and oxygen atoms in total. The highest BCUT2D eigenvalue weighted by Crippen LogP contribution is 2.27. The molecule has 1 aliphatic rings. The molecule has 1 aromatic carbocycles. The van der Waals surface area contributed by atoms with Gasteiger partial charge in [-0.15, -0.1) is 0 Å². The van der Waals surface area contributed by atoms with Gasteiger partial charge in [0, 0.05) is 6.42 Å². The largest absolute Gasteiger partial charge is 0.376 e. The molecule has 1 aliphatic heterocycles. The fourth-order valence-electron chi connectivity index (χ4n) is 2.18. The van der Waals surface area contributed by atoms with Crippen LogP contribution in [0.15, 0.2) is 18.2 Å². The van der Waals surface area contributed by atoms with Crippen LogP contribution in [0.2, 0.25) is 0 Å². The van der Waals surface area contributed by atoms with Gasteiger partial charge in [-0.05, 0) is 29.0 Å². The zero-order valence-electron chi connectivity index (χ0n) is 9.03. The minimum atomic E-state index is 0.329. The zero-order chi connectivity index (χ0) is 10.7. The highest BCUT2D eigenvalue weighted by atomic mass is 16.5. The molecule has 0 saturated carbocycles. The van der Waals surface area contributed by atoms with Crippen molar-refractivity contribution in [2.24, 2.45) is 0 Å². The van der Waals surface area contributed by atoms with Gasteiger partial charge in [0.15, 0.2) is 0 Å². The molecule has 0 bridgehead atoms. The molecular formula is C13H16O2. The van der Waals surface area contributed by atoms with E-state index in [9.17, 15) is 4.79 Å². The molecule has 1 heterocycles. The van der Waals surface area contributed by atoms with E-state index in [1.54, 1.807) is 0 Å². The van der Waals surface area contributed by atoms with E-state index in [2.05, 4.69) is 25.1 Å². The Balaban J connectivity index is 2.34. The lowest BCUT2D eigenvalue weighted by Gasteiger charge is -2.22. The zero-order valence-corrected chi connectivity index (χ0v) is 9.03. The van der Waals surface area contributed by atoms with E-state index in [1.165, 1.54) is 16.7 Å². The van der Waals surface area contributed by atoms with Gasteiger partial charge in [-0.3, -0.25) is 0 Å². The molecule has 0 aliphatic carbocycles. The molecule has 80 valence electrons. The Morgan fingerprint density at radius 1 is 1.53 bits per heavy atom. The lowest BCUT2D eigenvalue weighted by Crippen LogP contribution is -2.13. The van der Waals surface area contributed by atoms with Crippen molar-refractivity contribution in [3.8, 4) is 0 Å². The average Bonchev–Trinajstić information content (AvgIpc) is 2.28. The van der Waals surface area contributed by atoms with Crippen molar-refractivity contribution < 1.29 is 9.53 Å². The third-order valence-corrected chi connectivity index (χ3v) is 3.04. The Morgan fingerprint density at radius 2 is 2.40 bits per heavy atom. The number of ether oxygens (including phenoxy) is 1. The van der Waals surface area contributed by atoms with Crippen molar-refractivity contribution in [1.82, 2.24) is 0 Å². The lowest BCUT2D eigenvalue weighted by atomic mass is 9.88. The van der Waals surface area contributed by atoms with Crippen LogP contribution >= 0.6 is 0 Å². The first-order valence-corrected chi connectivity index (χ1v) is 5.45. The van der Waals surface area contributed by atoms with E-state index in [-0.39, 0.29) is 0 Å². The number of carbonyl (C=O) groups is 1. The Bertz CT molecular complexity index is 358. The maximum Gasteiger partial charge on any atom is 0.120 e. The van der Waals surface area contributed by atoms with Gasteiger partial charge in [-0.25, -0.2) is 0 Å². The molecule has 0 spiro atoms. The maximum atomic E-state index is 10.5. The molecule has 1 unspecified atom stereocenters. The van der Waals surface area contributed by atoms with E-state index in [1.807, 2.05) is 0 Å². The number of carbonyl (C=O) groups excluding carboxylic acids is 1. The Labute approximate surface area is 90.3 Å². The first kappa shape index (κ1) is 10.4. The topological polar surface area (TPSA) is 26.3 Å². The third kappa shape index (κ3) is 2.10. The summed E-state index contributed by atoms with van der Waals surface area (Å²) in [5.74, 6) is 0.329. The fraction of sp³-hybridized carbons (Fsp3) is 0.462. The number of benzene rings is 1. The summed E-state index contributed by atoms with van der Waals surface area (Å²) in [6.45, 7) is 3.63. The molecule has 0 N–H and O–H groups in total. The molecule has 1 atom stereocenters. The van der Waals surface area contributed by atoms with E-state index < -0.39 is 0 Å². The summed E-state index contributed by atoms with van der Waals surface area (Å²) in [5, 5.41) is 0. The van der Waals surface area contributed by atoms with Crippen molar-refractivity contribution >= 4 is 6.29 Å². The van der Waals surface area contributed by atoms with Gasteiger partial charge >= 0.3 is 0 Å². The summed E-state index contributed by atoms with van der Waals surface area (Å²) in [6, 6.07) is 6.31. The van der Waals surface area contributed by atoms with Crippen molar-refractivity contribution in [2.75, 3.05) is 6.61 Å². The molecule has 1 aromatic rings. The summed E-state index contributed by atoms with van der Waals surface area (Å²) in [4.78, 5) is 10.5. The number of hydrogen-bond donors (Lipinski definition) is 0. The van der Waals surface area contributed by atoms with Crippen LogP contribution in [0.5, 0.6) is 0 Å². The van der Waals surface area contributed by atoms with Crippen LogP contribution in [0.25, 0.3) is 0 Å². The molecule has 0 amide bonds. The van der Waals surface area contributed by atoms with Gasteiger partial charge in [0.2, 0.25) is 0 Å². The normalized spacial score (nSPS) is 16.9. The van der Waals surface area contributed by atoms with E-state index in [4.69, 9.17) is 4.74 Å². The van der Waals surface area contributed by atoms with Crippen molar-refractivity contribution in [3.05, 3.63) is 34.9 Å². The van der Waals surface area contributed by atoms with Gasteiger partial charge < -0.3 is 9.53 Å². The predicted octanol–water partition coefficient (Wildman–Crippen LogP) is 2.45. The van der Waals surface area contributed by atoms with Crippen LogP contribution in [-0.2, 0) is 22.6 Å². The lowest BCUT2D eigenvalue weighted by molar-refractivity contribution is -0.108. The Kier molecular flexibility index (Phi) is 3.17. The molecular weight excluding hydrogens is 188 g/mol. The minimum absolute atomic E-state index is 0.329. The standard InChI is InChI=1S/C13H16O2/c1-10(5-7-14)12-4-2-3-11-9-15-8-6-13(11)12/h2-4,7,10H,5-6,8-9H2,1H3. The van der Waals surface area contributed by atoms with Gasteiger partial charge in [-0.2, -0.15) is 0 Å². The first-order chi connectivity index (χ1) is 7.33. The van der Waals surface area contributed by atoms with Crippen LogP contribution < -0.4 is 0 Å². The SMILES string of the molecule is CC(CC=O)c1cccc2c1CCOC2. The number of hydrogen-bond acceptors (Lipinski definition) is 2. The van der Waals surface area contributed by atoms with Gasteiger partial charge in [0.05, 0.1) is 13.2 Å². The smallest absolute Gasteiger partial charge is 0.120 e. The van der Waals surface area contributed by atoms with Crippen LogP contribution in [0.3, 0.4) is 0 Å². The van der Waals surface area contributed by atoms with Crippen LogP contribution in [0.4, 0.5) is 0 Å². The molecule has 0 saturated heterocycles. The Hall–Kier alpha value is -1.15. The van der Waals surface area contributed by atoms with Crippen LogP contribution in [-0.4, -0.2) is 12.9 Å². The van der Waals surface area contributed by atoms with E-state index >= 15 is 0 Å². The summed E-state index contributed by atoms with van der Waals surface area (Å²) in [5.41, 5.74) is 4.01. The molecule has 0 fully saturated rings. The second-order valence-corrected chi connectivity index (χ2v) is 4.09. The summed E-state index contributed by atoms with van der Waals surface area (Å²) < 4.78 is 5.42. The van der Waals surface area contributed by atoms with Crippen molar-refractivity contribution in [3.63, 3.8) is 0 Å². The van der Waals surface area contributed by atoms with Gasteiger partial charge in [0.1, 0.15) is 6.29 Å². The highest BCUT2D eigenvalue weighted by molar-refractivity contribution is 5.52. The second kappa shape index (κ2) is 4.58. The molecule has 0 radical (unpaired) electrons. The number of fused-ring (bicyclic) bond motifs is 1. The second-order valence-electron chi connectivity index (χ2n) is 4.09. The summed E-state index contributed by atoms with van der Waals surface area (Å²) in [6.07, 6.45) is 2.59. The summed E-state index contributed by atoms with van der Waals surface area (Å²) >= 11 is 0. The van der Waals surface area contributed by atoms with Crippen molar-refractivity contribution in [2.45, 2.75) is 32.3 Å². The number of aldehydes is 1. The minimum Gasteiger partial charge on any atom is -0.376 e. The fourth-order valence-corrected chi connectivity index (χ4v) is 2.18. The Morgan fingerprint density at radius 3 is 3.20 bits per heavy atom. The summed E-state index contributed by atoms with van der Waals surface area (Å²) in [7, 11) is 0. The number of rotatable bonds is 3. The molecule has 0 aromatic heterocycles. The van der Waals surface area contributed by atoms with E-state index in [0.717, 1.165) is 25.9 Å². The first-order valence-electron chi connectivity index (χ1n) is 5.45. The van der Waals surface area contributed by atoms with Crippen LogP contribution in [0, 0.1) is 0 Å². The monoisotopic (exact) mass is 204 g/mol. The van der Waals surface area contributed by atoms with Crippen molar-refractivity contribution in [1.29, 1.82) is 0 Å². The van der Waals surface area contributed by atoms with Crippen LogP contribution in [0.1, 0.15) is 36.0 Å². The quantitative estimate of drug-likeness (QED) is 0.707. The molecule has 2 rings (SSSR count). The van der Waals surface area contributed by atoms with Gasteiger partial charge in [0.25, 0.3) is 0 Å². The third-order valence-electron chi connectivity index (χ3n) is 3.04.